The summed E-state index contributed by atoms with van der Waals surface area (Å²) in [5.41, 5.74) is 2.91. The molecule has 0 spiro atoms. The second kappa shape index (κ2) is 5.74. The maximum absolute atomic E-state index is 12.5. The van der Waals surface area contributed by atoms with Gasteiger partial charge in [0.2, 0.25) is 0 Å². The van der Waals surface area contributed by atoms with Gasteiger partial charge < -0.3 is 10.0 Å². The van der Waals surface area contributed by atoms with Crippen LogP contribution in [0.15, 0.2) is 18.2 Å². The molecule has 1 aliphatic rings. The highest BCUT2D eigenvalue weighted by Crippen LogP contribution is 2.24. The first-order valence-electron chi connectivity index (χ1n) is 7.03. The fourth-order valence-electron chi connectivity index (χ4n) is 2.94. The van der Waals surface area contributed by atoms with Crippen molar-refractivity contribution in [3.63, 3.8) is 0 Å². The van der Waals surface area contributed by atoms with Crippen molar-refractivity contribution >= 4 is 5.91 Å². The first-order valence-corrected chi connectivity index (χ1v) is 7.03. The Hall–Kier alpha value is -1.35. The Morgan fingerprint density at radius 3 is 2.58 bits per heavy atom. The average molecular weight is 261 g/mol. The number of hydrogen-bond donors (Lipinski definition) is 1. The van der Waals surface area contributed by atoms with Crippen molar-refractivity contribution in [3.05, 3.63) is 34.9 Å². The van der Waals surface area contributed by atoms with E-state index < -0.39 is 0 Å². The van der Waals surface area contributed by atoms with Gasteiger partial charge in [-0.25, -0.2) is 0 Å². The summed E-state index contributed by atoms with van der Waals surface area (Å²) in [6.45, 7) is 3.99. The van der Waals surface area contributed by atoms with Crippen LogP contribution in [-0.4, -0.2) is 35.1 Å². The first-order chi connectivity index (χ1) is 9.00. The smallest absolute Gasteiger partial charge is 0.254 e. The molecular weight excluding hydrogens is 238 g/mol. The summed E-state index contributed by atoms with van der Waals surface area (Å²) in [5, 5.41) is 10.1. The van der Waals surface area contributed by atoms with Gasteiger partial charge in [0, 0.05) is 12.6 Å². The molecule has 2 rings (SSSR count). The van der Waals surface area contributed by atoms with Gasteiger partial charge in [0.05, 0.1) is 12.1 Å². The number of aryl methyl sites for hydroxylation is 2. The van der Waals surface area contributed by atoms with Crippen LogP contribution in [0.3, 0.4) is 0 Å². The van der Waals surface area contributed by atoms with Crippen LogP contribution in [0.5, 0.6) is 0 Å². The lowest BCUT2D eigenvalue weighted by molar-refractivity contribution is 0.0267. The van der Waals surface area contributed by atoms with Crippen LogP contribution in [0.1, 0.15) is 47.2 Å². The van der Waals surface area contributed by atoms with E-state index in [2.05, 4.69) is 0 Å². The number of amides is 1. The molecule has 3 heteroatoms. The summed E-state index contributed by atoms with van der Waals surface area (Å²) in [5.74, 6) is 0.0171. The molecule has 2 unspecified atom stereocenters. The van der Waals surface area contributed by atoms with E-state index >= 15 is 0 Å². The maximum Gasteiger partial charge on any atom is 0.254 e. The Bertz CT molecular complexity index is 470. The van der Waals surface area contributed by atoms with Gasteiger partial charge in [-0.15, -0.1) is 0 Å². The highest BCUT2D eigenvalue weighted by Gasteiger charge is 2.30. The molecule has 0 heterocycles. The third-order valence-corrected chi connectivity index (χ3v) is 4.12. The quantitative estimate of drug-likeness (QED) is 0.889. The second-order valence-corrected chi connectivity index (χ2v) is 5.65. The van der Waals surface area contributed by atoms with Crippen molar-refractivity contribution in [2.75, 3.05) is 7.05 Å². The molecule has 0 aliphatic heterocycles. The predicted octanol–water partition coefficient (Wildman–Crippen LogP) is 2.68. The highest BCUT2D eigenvalue weighted by atomic mass is 16.3. The summed E-state index contributed by atoms with van der Waals surface area (Å²) in [4.78, 5) is 14.3. The summed E-state index contributed by atoms with van der Waals surface area (Å²) in [6.07, 6.45) is 3.47. The van der Waals surface area contributed by atoms with Crippen LogP contribution < -0.4 is 0 Å². The van der Waals surface area contributed by atoms with Crippen LogP contribution in [0, 0.1) is 13.8 Å². The lowest BCUT2D eigenvalue weighted by Gasteiger charge is -2.35. The molecule has 1 amide bonds. The van der Waals surface area contributed by atoms with E-state index in [1.165, 1.54) is 0 Å². The standard InChI is InChI=1S/C16H23NO2/c1-11-8-9-13(12(2)10-11)16(19)17(3)14-6-4-5-7-15(14)18/h8-10,14-15,18H,4-7H2,1-3H3. The zero-order valence-corrected chi connectivity index (χ0v) is 12.0. The number of aliphatic hydroxyl groups is 1. The fourth-order valence-corrected chi connectivity index (χ4v) is 2.94. The summed E-state index contributed by atoms with van der Waals surface area (Å²) >= 11 is 0. The zero-order chi connectivity index (χ0) is 14.0. The van der Waals surface area contributed by atoms with Crippen molar-refractivity contribution < 1.29 is 9.90 Å². The van der Waals surface area contributed by atoms with E-state index in [-0.39, 0.29) is 18.1 Å². The summed E-state index contributed by atoms with van der Waals surface area (Å²) < 4.78 is 0. The van der Waals surface area contributed by atoms with Crippen LogP contribution >= 0.6 is 0 Å². The minimum atomic E-state index is -0.381. The van der Waals surface area contributed by atoms with Gasteiger partial charge in [-0.2, -0.15) is 0 Å². The summed E-state index contributed by atoms with van der Waals surface area (Å²) in [6, 6.07) is 5.84. The van der Waals surface area contributed by atoms with Crippen molar-refractivity contribution in [1.29, 1.82) is 0 Å². The number of likely N-dealkylation sites (N-methyl/N-ethyl adjacent to an activating group) is 1. The fraction of sp³-hybridized carbons (Fsp3) is 0.562. The molecule has 19 heavy (non-hydrogen) atoms. The molecule has 0 radical (unpaired) electrons. The van der Waals surface area contributed by atoms with Gasteiger partial charge >= 0.3 is 0 Å². The average Bonchev–Trinajstić information content (AvgIpc) is 2.38. The van der Waals surface area contributed by atoms with E-state index in [9.17, 15) is 9.90 Å². The number of rotatable bonds is 2. The molecule has 2 atom stereocenters. The Balaban J connectivity index is 2.18. The molecule has 1 saturated carbocycles. The first kappa shape index (κ1) is 14.1. The molecule has 1 fully saturated rings. The van der Waals surface area contributed by atoms with Gasteiger partial charge in [-0.3, -0.25) is 4.79 Å². The van der Waals surface area contributed by atoms with Gasteiger partial charge in [-0.05, 0) is 38.3 Å². The van der Waals surface area contributed by atoms with Crippen molar-refractivity contribution in [1.82, 2.24) is 4.90 Å². The molecule has 1 N–H and O–H groups in total. The van der Waals surface area contributed by atoms with E-state index in [1.807, 2.05) is 32.0 Å². The molecule has 1 aromatic carbocycles. The van der Waals surface area contributed by atoms with Gasteiger partial charge in [0.15, 0.2) is 0 Å². The van der Waals surface area contributed by atoms with E-state index in [0.29, 0.717) is 0 Å². The van der Waals surface area contributed by atoms with Gasteiger partial charge in [0.1, 0.15) is 0 Å². The Kier molecular flexibility index (Phi) is 4.25. The molecule has 3 nitrogen and oxygen atoms in total. The topological polar surface area (TPSA) is 40.5 Å². The monoisotopic (exact) mass is 261 g/mol. The van der Waals surface area contributed by atoms with Crippen LogP contribution in [0.4, 0.5) is 0 Å². The number of carbonyl (C=O) groups excluding carboxylic acids is 1. The van der Waals surface area contributed by atoms with Gasteiger partial charge in [-0.1, -0.05) is 30.5 Å². The normalized spacial score (nSPS) is 23.2. The lowest BCUT2D eigenvalue weighted by Crippen LogP contribution is -2.46. The van der Waals surface area contributed by atoms with Gasteiger partial charge in [0.25, 0.3) is 5.91 Å². The maximum atomic E-state index is 12.5. The molecule has 0 bridgehead atoms. The number of hydrogen-bond acceptors (Lipinski definition) is 2. The Morgan fingerprint density at radius 2 is 1.95 bits per heavy atom. The third kappa shape index (κ3) is 2.98. The van der Waals surface area contributed by atoms with E-state index in [4.69, 9.17) is 0 Å². The number of benzene rings is 1. The lowest BCUT2D eigenvalue weighted by atomic mass is 9.91. The highest BCUT2D eigenvalue weighted by molar-refractivity contribution is 5.95. The van der Waals surface area contributed by atoms with Crippen molar-refractivity contribution in [2.24, 2.45) is 0 Å². The summed E-state index contributed by atoms with van der Waals surface area (Å²) in [7, 11) is 1.81. The molecule has 1 aliphatic carbocycles. The SMILES string of the molecule is Cc1ccc(C(=O)N(C)C2CCCCC2O)c(C)c1. The molecule has 0 saturated heterocycles. The number of aliphatic hydroxyl groups excluding tert-OH is 1. The van der Waals surface area contributed by atoms with E-state index in [0.717, 1.165) is 42.4 Å². The number of nitrogens with zero attached hydrogens (tertiary/aromatic N) is 1. The zero-order valence-electron chi connectivity index (χ0n) is 12.0. The van der Waals surface area contributed by atoms with Crippen LogP contribution in [0.2, 0.25) is 0 Å². The van der Waals surface area contributed by atoms with Crippen LogP contribution in [-0.2, 0) is 0 Å². The second-order valence-electron chi connectivity index (χ2n) is 5.65. The van der Waals surface area contributed by atoms with Crippen molar-refractivity contribution in [3.8, 4) is 0 Å². The predicted molar refractivity (Wildman–Crippen MR) is 76.3 cm³/mol. The minimum absolute atomic E-state index is 0.0171. The Morgan fingerprint density at radius 1 is 1.26 bits per heavy atom. The molecule has 0 aromatic heterocycles. The minimum Gasteiger partial charge on any atom is -0.391 e. The Labute approximate surface area is 115 Å². The molecular formula is C16H23NO2. The third-order valence-electron chi connectivity index (χ3n) is 4.12. The largest absolute Gasteiger partial charge is 0.391 e. The number of carbonyl (C=O) groups is 1. The van der Waals surface area contributed by atoms with Crippen molar-refractivity contribution in [2.45, 2.75) is 51.7 Å². The molecule has 104 valence electrons. The molecule has 1 aromatic rings. The van der Waals surface area contributed by atoms with Crippen LogP contribution in [0.25, 0.3) is 0 Å². The van der Waals surface area contributed by atoms with E-state index in [1.54, 1.807) is 11.9 Å².